The third-order valence-corrected chi connectivity index (χ3v) is 7.08. The summed E-state index contributed by atoms with van der Waals surface area (Å²) in [6, 6.07) is 14.3. The van der Waals surface area contributed by atoms with Crippen molar-refractivity contribution in [1.29, 1.82) is 0 Å². The third-order valence-electron chi connectivity index (χ3n) is 7.08. The van der Waals surface area contributed by atoms with Gasteiger partial charge in [0, 0.05) is 31.5 Å². The largest absolute Gasteiger partial charge is 0.480 e. The third kappa shape index (κ3) is 7.31. The monoisotopic (exact) mass is 551 g/mol. The molecule has 2 aromatic rings. The number of fused-ring (bicyclic) bond motifs is 3. The van der Waals surface area contributed by atoms with Gasteiger partial charge in [0.1, 0.15) is 18.2 Å². The van der Waals surface area contributed by atoms with Crippen LogP contribution >= 0.6 is 0 Å². The van der Waals surface area contributed by atoms with Crippen LogP contribution in [0.4, 0.5) is 9.59 Å². The predicted molar refractivity (Wildman–Crippen MR) is 148 cm³/mol. The summed E-state index contributed by atoms with van der Waals surface area (Å²) in [7, 11) is 0. The van der Waals surface area contributed by atoms with E-state index in [9.17, 15) is 24.3 Å². The van der Waals surface area contributed by atoms with Crippen LogP contribution in [0, 0.1) is 0 Å². The van der Waals surface area contributed by atoms with Crippen LogP contribution in [0.3, 0.4) is 0 Å². The number of carbonyl (C=O) groups excluding carboxylic acids is 3. The Balaban J connectivity index is 1.27. The summed E-state index contributed by atoms with van der Waals surface area (Å²) in [4.78, 5) is 51.0. The summed E-state index contributed by atoms with van der Waals surface area (Å²) in [6.45, 7) is 6.22. The van der Waals surface area contributed by atoms with Crippen molar-refractivity contribution in [3.63, 3.8) is 0 Å². The summed E-state index contributed by atoms with van der Waals surface area (Å²) in [5.74, 6) is -1.63. The molecule has 3 N–H and O–H groups in total. The van der Waals surface area contributed by atoms with Gasteiger partial charge in [0.2, 0.25) is 5.91 Å². The molecule has 40 heavy (non-hydrogen) atoms. The number of amides is 3. The molecule has 214 valence electrons. The molecule has 0 aromatic heterocycles. The zero-order valence-electron chi connectivity index (χ0n) is 23.1. The van der Waals surface area contributed by atoms with Crippen LogP contribution < -0.4 is 10.6 Å². The molecular formula is C30H37N3O7. The van der Waals surface area contributed by atoms with Crippen LogP contribution in [0.2, 0.25) is 0 Å². The van der Waals surface area contributed by atoms with Crippen LogP contribution in [0.1, 0.15) is 63.5 Å². The highest BCUT2D eigenvalue weighted by Crippen LogP contribution is 2.44. The number of piperidine rings is 1. The van der Waals surface area contributed by atoms with Crippen molar-refractivity contribution in [1.82, 2.24) is 15.5 Å². The van der Waals surface area contributed by atoms with Crippen LogP contribution in [-0.2, 0) is 19.1 Å². The number of carbonyl (C=O) groups is 4. The van der Waals surface area contributed by atoms with Crippen molar-refractivity contribution < 1.29 is 33.8 Å². The first kappa shape index (κ1) is 28.9. The molecule has 1 aliphatic heterocycles. The number of aliphatic carboxylic acids is 1. The number of hydrogen-bond donors (Lipinski definition) is 3. The van der Waals surface area contributed by atoms with E-state index in [0.717, 1.165) is 22.3 Å². The number of nitrogens with zero attached hydrogens (tertiary/aromatic N) is 1. The van der Waals surface area contributed by atoms with Gasteiger partial charge in [-0.05, 0) is 62.3 Å². The van der Waals surface area contributed by atoms with Gasteiger partial charge < -0.3 is 30.1 Å². The van der Waals surface area contributed by atoms with E-state index in [1.165, 1.54) is 0 Å². The van der Waals surface area contributed by atoms with Crippen LogP contribution in [0.15, 0.2) is 48.5 Å². The fourth-order valence-corrected chi connectivity index (χ4v) is 5.26. The lowest BCUT2D eigenvalue weighted by Crippen LogP contribution is -2.50. The molecule has 0 saturated carbocycles. The van der Waals surface area contributed by atoms with Gasteiger partial charge in [-0.2, -0.15) is 0 Å². The highest BCUT2D eigenvalue weighted by Gasteiger charge is 2.31. The minimum atomic E-state index is -1.28. The Labute approximate surface area is 234 Å². The van der Waals surface area contributed by atoms with E-state index in [-0.39, 0.29) is 37.3 Å². The van der Waals surface area contributed by atoms with Crippen molar-refractivity contribution in [2.24, 2.45) is 0 Å². The first-order valence-electron chi connectivity index (χ1n) is 13.6. The number of nitrogens with one attached hydrogen (secondary N) is 2. The molecule has 2 aromatic carbocycles. The van der Waals surface area contributed by atoms with E-state index in [2.05, 4.69) is 10.6 Å². The van der Waals surface area contributed by atoms with Crippen molar-refractivity contribution in [3.8, 4) is 11.1 Å². The summed E-state index contributed by atoms with van der Waals surface area (Å²) in [6.07, 6.45) is -0.124. The van der Waals surface area contributed by atoms with E-state index < -0.39 is 29.8 Å². The molecule has 1 saturated heterocycles. The molecule has 3 amide bonds. The minimum Gasteiger partial charge on any atom is -0.480 e. The van der Waals surface area contributed by atoms with Gasteiger partial charge in [-0.25, -0.2) is 14.4 Å². The Hall–Kier alpha value is -4.08. The van der Waals surface area contributed by atoms with Crippen molar-refractivity contribution in [2.45, 2.75) is 70.1 Å². The van der Waals surface area contributed by atoms with Gasteiger partial charge in [-0.1, -0.05) is 48.5 Å². The highest BCUT2D eigenvalue weighted by atomic mass is 16.6. The number of rotatable bonds is 8. The molecule has 4 rings (SSSR count). The Kier molecular flexibility index (Phi) is 8.96. The molecule has 1 fully saturated rings. The summed E-state index contributed by atoms with van der Waals surface area (Å²) in [5.41, 5.74) is 3.67. The lowest BCUT2D eigenvalue weighted by molar-refractivity contribution is -0.140. The molecular weight excluding hydrogens is 514 g/mol. The van der Waals surface area contributed by atoms with E-state index in [1.807, 2.05) is 48.5 Å². The Morgan fingerprint density at radius 1 is 1.00 bits per heavy atom. The van der Waals surface area contributed by atoms with Crippen molar-refractivity contribution in [3.05, 3.63) is 59.7 Å². The zero-order valence-corrected chi connectivity index (χ0v) is 23.1. The molecule has 0 unspecified atom stereocenters. The molecule has 0 bridgehead atoms. The first-order chi connectivity index (χ1) is 19.0. The zero-order chi connectivity index (χ0) is 28.9. The van der Waals surface area contributed by atoms with Crippen molar-refractivity contribution >= 4 is 24.1 Å². The molecule has 10 nitrogen and oxygen atoms in total. The first-order valence-corrected chi connectivity index (χ1v) is 13.6. The maximum Gasteiger partial charge on any atom is 0.407 e. The van der Waals surface area contributed by atoms with Crippen LogP contribution in [0.25, 0.3) is 11.1 Å². The Morgan fingerprint density at radius 2 is 1.62 bits per heavy atom. The lowest BCUT2D eigenvalue weighted by atomic mass is 9.98. The van der Waals surface area contributed by atoms with Gasteiger partial charge in [-0.3, -0.25) is 4.79 Å². The fourth-order valence-electron chi connectivity index (χ4n) is 5.26. The number of carboxylic acids is 1. The molecule has 2 atom stereocenters. The van der Waals surface area contributed by atoms with Crippen LogP contribution in [0.5, 0.6) is 0 Å². The second-order valence-electron chi connectivity index (χ2n) is 11.2. The Morgan fingerprint density at radius 3 is 2.23 bits per heavy atom. The summed E-state index contributed by atoms with van der Waals surface area (Å²) < 4.78 is 10.8. The maximum absolute atomic E-state index is 12.8. The van der Waals surface area contributed by atoms with E-state index in [4.69, 9.17) is 9.47 Å². The average molecular weight is 552 g/mol. The minimum absolute atomic E-state index is 0.0605. The molecule has 1 heterocycles. The van der Waals surface area contributed by atoms with E-state index >= 15 is 0 Å². The smallest absolute Gasteiger partial charge is 0.407 e. The van der Waals surface area contributed by atoms with Gasteiger partial charge in [0.25, 0.3) is 0 Å². The quantitative estimate of drug-likeness (QED) is 0.446. The molecule has 0 radical (unpaired) electrons. The number of benzene rings is 2. The van der Waals surface area contributed by atoms with Gasteiger partial charge >= 0.3 is 18.2 Å². The number of likely N-dealkylation sites (tertiary alicyclic amines) is 1. The van der Waals surface area contributed by atoms with Gasteiger partial charge in [0.15, 0.2) is 0 Å². The normalized spacial score (nSPS) is 17.3. The fraction of sp³-hybridized carbons (Fsp3) is 0.467. The van der Waals surface area contributed by atoms with E-state index in [0.29, 0.717) is 25.9 Å². The average Bonchev–Trinajstić information content (AvgIpc) is 3.22. The van der Waals surface area contributed by atoms with Gasteiger partial charge in [0.05, 0.1) is 0 Å². The second-order valence-corrected chi connectivity index (χ2v) is 11.2. The topological polar surface area (TPSA) is 134 Å². The lowest BCUT2D eigenvalue weighted by Gasteiger charge is -2.34. The molecule has 0 spiro atoms. The summed E-state index contributed by atoms with van der Waals surface area (Å²) >= 11 is 0. The van der Waals surface area contributed by atoms with E-state index in [1.54, 1.807) is 25.7 Å². The number of alkyl carbamates (subject to hydrolysis) is 2. The SMILES string of the molecule is CC(C)(C)OC(=O)N[C@H]1CCCN(C(=O)CC[C@H](NC(=O)OCC2c3ccccc3-c3ccccc32)C(=O)O)C1. The number of ether oxygens (including phenoxy) is 2. The maximum atomic E-state index is 12.8. The molecule has 1 aliphatic carbocycles. The highest BCUT2D eigenvalue weighted by molar-refractivity contribution is 5.82. The number of carboxylic acid groups (broad SMARTS) is 1. The van der Waals surface area contributed by atoms with Crippen LogP contribution in [-0.4, -0.2) is 71.5 Å². The number of hydrogen-bond acceptors (Lipinski definition) is 6. The van der Waals surface area contributed by atoms with Gasteiger partial charge in [-0.15, -0.1) is 0 Å². The molecule has 10 heteroatoms. The summed E-state index contributed by atoms with van der Waals surface area (Å²) in [5, 5.41) is 14.9. The molecule has 2 aliphatic rings. The second kappa shape index (κ2) is 12.4. The standard InChI is InChI=1S/C30H37N3O7/c1-30(2,3)40-29(38)31-19-9-8-16-33(17-19)26(34)15-14-25(27(35)36)32-28(37)39-18-24-22-12-6-4-10-20(22)21-11-5-7-13-23(21)24/h4-7,10-13,19,24-25H,8-9,14-18H2,1-3H3,(H,31,38)(H,32,37)(H,35,36)/t19-,25-/m0/s1. The van der Waals surface area contributed by atoms with Crippen molar-refractivity contribution in [2.75, 3.05) is 19.7 Å². The predicted octanol–water partition coefficient (Wildman–Crippen LogP) is 4.27. The Bertz CT molecular complexity index is 1210.